The van der Waals surface area contributed by atoms with Crippen molar-refractivity contribution in [2.24, 2.45) is 10.2 Å². The van der Waals surface area contributed by atoms with E-state index in [1.807, 2.05) is 0 Å². The van der Waals surface area contributed by atoms with E-state index >= 15 is 0 Å². The Labute approximate surface area is 271 Å². The molecule has 0 aliphatic rings. The highest BCUT2D eigenvalue weighted by molar-refractivity contribution is 5.94. The Morgan fingerprint density at radius 1 is 0.574 bits per heavy atom. The highest BCUT2D eigenvalue weighted by Gasteiger charge is 2.13. The van der Waals surface area contributed by atoms with Crippen molar-refractivity contribution in [2.45, 2.75) is 19.3 Å². The number of ether oxygens (including phenoxy) is 4. The van der Waals surface area contributed by atoms with Crippen molar-refractivity contribution >= 4 is 36.2 Å². The van der Waals surface area contributed by atoms with Gasteiger partial charge in [-0.15, -0.1) is 0 Å². The smallest absolute Gasteiger partial charge is 0.343 e. The number of carbonyl (C=O) groups excluding carboxylic acids is 4. The maximum absolute atomic E-state index is 12.5. The molecule has 2 N–H and O–H groups in total. The topological polar surface area (TPSA) is 154 Å². The van der Waals surface area contributed by atoms with Gasteiger partial charge in [0.1, 0.15) is 23.0 Å². The monoisotopic (exact) mass is 636 g/mol. The molecule has 12 nitrogen and oxygen atoms in total. The van der Waals surface area contributed by atoms with Gasteiger partial charge in [-0.1, -0.05) is 24.3 Å². The van der Waals surface area contributed by atoms with Crippen LogP contribution < -0.4 is 29.8 Å². The van der Waals surface area contributed by atoms with E-state index in [4.69, 9.17) is 18.9 Å². The number of hydrogen-bond acceptors (Lipinski definition) is 10. The summed E-state index contributed by atoms with van der Waals surface area (Å²) < 4.78 is 21.2. The minimum Gasteiger partial charge on any atom is -0.497 e. The minimum absolute atomic E-state index is 0.0344. The first kappa shape index (κ1) is 33.6. The molecule has 240 valence electrons. The highest BCUT2D eigenvalue weighted by atomic mass is 16.5. The van der Waals surface area contributed by atoms with Crippen molar-refractivity contribution in [3.8, 4) is 23.0 Å². The summed E-state index contributed by atoms with van der Waals surface area (Å²) in [7, 11) is 3.07. The van der Waals surface area contributed by atoms with Crippen LogP contribution in [-0.4, -0.2) is 50.4 Å². The fourth-order valence-electron chi connectivity index (χ4n) is 4.00. The zero-order valence-electron chi connectivity index (χ0n) is 25.7. The Bertz CT molecular complexity index is 1620. The number of amides is 2. The van der Waals surface area contributed by atoms with Crippen molar-refractivity contribution in [1.29, 1.82) is 0 Å². The SMILES string of the molecule is COc1ccc(C(=O)Oc2ccccc2/C=N\NC(=O)CCCC(=O)N/N=C\c2ccccc2OC(=O)c2ccc(OC)cc2)cc1. The van der Waals surface area contributed by atoms with Crippen molar-refractivity contribution in [2.75, 3.05) is 14.2 Å². The van der Waals surface area contributed by atoms with Gasteiger partial charge < -0.3 is 18.9 Å². The quantitative estimate of drug-likeness (QED) is 0.0857. The molecule has 0 spiro atoms. The Balaban J connectivity index is 1.20. The summed E-state index contributed by atoms with van der Waals surface area (Å²) in [6.07, 6.45) is 3.04. The molecule has 0 aliphatic carbocycles. The summed E-state index contributed by atoms with van der Waals surface area (Å²) in [5.74, 6) is -0.166. The van der Waals surface area contributed by atoms with Crippen molar-refractivity contribution in [1.82, 2.24) is 10.9 Å². The van der Waals surface area contributed by atoms with E-state index in [1.165, 1.54) is 26.6 Å². The molecule has 0 aliphatic heterocycles. The Kier molecular flexibility index (Phi) is 12.3. The second kappa shape index (κ2) is 17.3. The first-order chi connectivity index (χ1) is 22.9. The van der Waals surface area contributed by atoms with E-state index in [0.717, 1.165) is 0 Å². The van der Waals surface area contributed by atoms with Crippen LogP contribution in [0, 0.1) is 0 Å². The van der Waals surface area contributed by atoms with E-state index < -0.39 is 23.8 Å². The van der Waals surface area contributed by atoms with E-state index in [9.17, 15) is 19.2 Å². The van der Waals surface area contributed by atoms with E-state index in [0.29, 0.717) is 33.8 Å². The number of carbonyl (C=O) groups is 4. The van der Waals surface area contributed by atoms with Crippen molar-refractivity contribution in [3.63, 3.8) is 0 Å². The van der Waals surface area contributed by atoms with Crippen LogP contribution in [0.4, 0.5) is 0 Å². The average Bonchev–Trinajstić information content (AvgIpc) is 3.09. The summed E-state index contributed by atoms with van der Waals surface area (Å²) in [5.41, 5.74) is 6.44. The molecule has 2 amide bonds. The zero-order valence-corrected chi connectivity index (χ0v) is 25.7. The molecule has 4 aromatic carbocycles. The summed E-state index contributed by atoms with van der Waals surface area (Å²) >= 11 is 0. The predicted molar refractivity (Wildman–Crippen MR) is 174 cm³/mol. The molecule has 0 fully saturated rings. The number of benzene rings is 4. The molecule has 4 rings (SSSR count). The molecule has 0 saturated carbocycles. The van der Waals surface area contributed by atoms with Gasteiger partial charge in [0.15, 0.2) is 0 Å². The molecular formula is C35H32N4O8. The lowest BCUT2D eigenvalue weighted by atomic mass is 10.2. The number of nitrogens with one attached hydrogen (secondary N) is 2. The van der Waals surface area contributed by atoms with Crippen molar-refractivity contribution < 1.29 is 38.1 Å². The van der Waals surface area contributed by atoms with Crippen LogP contribution >= 0.6 is 0 Å². The number of hydrogen-bond donors (Lipinski definition) is 2. The molecule has 4 aromatic rings. The van der Waals surface area contributed by atoms with Crippen LogP contribution in [-0.2, 0) is 9.59 Å². The lowest BCUT2D eigenvalue weighted by Crippen LogP contribution is -2.20. The average molecular weight is 637 g/mol. The number of rotatable bonds is 14. The molecule has 0 atom stereocenters. The Morgan fingerprint density at radius 3 is 1.34 bits per heavy atom. The molecule has 0 aromatic heterocycles. The Morgan fingerprint density at radius 2 is 0.957 bits per heavy atom. The summed E-state index contributed by atoms with van der Waals surface area (Å²) in [5, 5.41) is 7.89. The molecule has 12 heteroatoms. The predicted octanol–water partition coefficient (Wildman–Crippen LogP) is 4.91. The number of methoxy groups -OCH3 is 2. The van der Waals surface area contributed by atoms with Gasteiger partial charge in [0.2, 0.25) is 11.8 Å². The van der Waals surface area contributed by atoms with Gasteiger partial charge in [-0.25, -0.2) is 20.4 Å². The molecule has 0 radical (unpaired) electrons. The fraction of sp³-hybridized carbons (Fsp3) is 0.143. The molecule has 0 saturated heterocycles. The first-order valence-corrected chi connectivity index (χ1v) is 14.4. The van der Waals surface area contributed by atoms with Crippen LogP contribution in [0.1, 0.15) is 51.1 Å². The van der Waals surface area contributed by atoms with Gasteiger partial charge in [-0.05, 0) is 79.2 Å². The second-order valence-electron chi connectivity index (χ2n) is 9.75. The van der Waals surface area contributed by atoms with Gasteiger partial charge in [0.25, 0.3) is 0 Å². The third-order valence-corrected chi connectivity index (χ3v) is 6.49. The Hall–Kier alpha value is -6.30. The molecular weight excluding hydrogens is 604 g/mol. The van der Waals surface area contributed by atoms with Gasteiger partial charge in [-0.3, -0.25) is 9.59 Å². The maximum Gasteiger partial charge on any atom is 0.343 e. The highest BCUT2D eigenvalue weighted by Crippen LogP contribution is 2.20. The van der Waals surface area contributed by atoms with Crippen LogP contribution in [0.3, 0.4) is 0 Å². The number of esters is 2. The number of hydrazone groups is 2. The number of nitrogens with zero attached hydrogens (tertiary/aromatic N) is 2. The molecule has 0 heterocycles. The maximum atomic E-state index is 12.5. The summed E-state index contributed by atoms with van der Waals surface area (Å²) in [6, 6.07) is 26.5. The third kappa shape index (κ3) is 10.4. The van der Waals surface area contributed by atoms with Gasteiger partial charge in [0.05, 0.1) is 37.8 Å². The standard InChI is InChI=1S/C35H32N4O8/c1-44-28-18-14-24(15-19-28)34(42)46-30-10-5-3-8-26(30)22-36-38-32(40)12-7-13-33(41)39-37-23-27-9-4-6-11-31(27)47-35(43)25-16-20-29(45-2)21-17-25/h3-6,8-11,14-23H,7,12-13H2,1-2H3,(H,38,40)(H,39,41)/b36-22-,37-23-. The van der Waals surface area contributed by atoms with Crippen LogP contribution in [0.5, 0.6) is 23.0 Å². The van der Waals surface area contributed by atoms with Crippen molar-refractivity contribution in [3.05, 3.63) is 119 Å². The largest absolute Gasteiger partial charge is 0.497 e. The van der Waals surface area contributed by atoms with E-state index in [1.54, 1.807) is 97.1 Å². The van der Waals surface area contributed by atoms with Crippen LogP contribution in [0.15, 0.2) is 107 Å². The molecule has 0 bridgehead atoms. The summed E-state index contributed by atoms with van der Waals surface area (Å²) in [4.78, 5) is 49.6. The molecule has 0 unspecified atom stereocenters. The third-order valence-electron chi connectivity index (χ3n) is 6.49. The lowest BCUT2D eigenvalue weighted by Gasteiger charge is -2.08. The zero-order chi connectivity index (χ0) is 33.4. The van der Waals surface area contributed by atoms with Crippen LogP contribution in [0.25, 0.3) is 0 Å². The number of para-hydroxylation sites is 2. The van der Waals surface area contributed by atoms with Gasteiger partial charge in [0, 0.05) is 24.0 Å². The summed E-state index contributed by atoms with van der Waals surface area (Å²) in [6.45, 7) is 0. The first-order valence-electron chi connectivity index (χ1n) is 14.4. The van der Waals surface area contributed by atoms with Gasteiger partial charge in [-0.2, -0.15) is 10.2 Å². The second-order valence-corrected chi connectivity index (χ2v) is 9.75. The molecule has 47 heavy (non-hydrogen) atoms. The van der Waals surface area contributed by atoms with E-state index in [-0.39, 0.29) is 30.8 Å². The van der Waals surface area contributed by atoms with Gasteiger partial charge >= 0.3 is 11.9 Å². The van der Waals surface area contributed by atoms with E-state index in [2.05, 4.69) is 21.1 Å². The van der Waals surface area contributed by atoms with Crippen LogP contribution in [0.2, 0.25) is 0 Å². The minimum atomic E-state index is -0.558. The fourth-order valence-corrected chi connectivity index (χ4v) is 4.00. The normalized spacial score (nSPS) is 10.8. The lowest BCUT2D eigenvalue weighted by molar-refractivity contribution is -0.122.